The topological polar surface area (TPSA) is 50.8 Å². The van der Waals surface area contributed by atoms with Gasteiger partial charge in [0.25, 0.3) is 0 Å². The third-order valence-electron chi connectivity index (χ3n) is 5.72. The molecule has 0 radical (unpaired) electrons. The molecule has 0 spiro atoms. The first-order valence-corrected chi connectivity index (χ1v) is 10.4. The number of likely N-dealkylation sites (tertiary alicyclic amines) is 1. The number of nitrogens with zero attached hydrogens (tertiary/aromatic N) is 1. The van der Waals surface area contributed by atoms with E-state index >= 15 is 0 Å². The van der Waals surface area contributed by atoms with Crippen LogP contribution in [0.4, 0.5) is 22.0 Å². The summed E-state index contributed by atoms with van der Waals surface area (Å²) >= 11 is 0. The molecule has 1 saturated heterocycles. The van der Waals surface area contributed by atoms with Gasteiger partial charge in [0.05, 0.1) is 7.11 Å². The van der Waals surface area contributed by atoms with Crippen molar-refractivity contribution < 1.29 is 36.2 Å². The Kier molecular flexibility index (Phi) is 7.78. The minimum atomic E-state index is -4.71. The van der Waals surface area contributed by atoms with Gasteiger partial charge in [-0.25, -0.2) is 0 Å². The molecule has 1 amide bonds. The third-order valence-corrected chi connectivity index (χ3v) is 5.72. The maximum atomic E-state index is 14.0. The fraction of sp³-hybridized carbons (Fsp3) is 0.435. The van der Waals surface area contributed by atoms with E-state index < -0.39 is 30.7 Å². The van der Waals surface area contributed by atoms with Crippen LogP contribution in [0, 0.1) is 5.41 Å². The largest absolute Gasteiger partial charge is 0.493 e. The van der Waals surface area contributed by atoms with Crippen molar-refractivity contribution in [1.82, 2.24) is 10.2 Å². The second kappa shape index (κ2) is 10.4. The molecule has 0 bridgehead atoms. The zero-order valence-corrected chi connectivity index (χ0v) is 18.0. The smallest absolute Gasteiger partial charge is 0.404 e. The van der Waals surface area contributed by atoms with Crippen LogP contribution < -0.4 is 14.8 Å². The van der Waals surface area contributed by atoms with Crippen molar-refractivity contribution in [2.75, 3.05) is 26.7 Å². The molecule has 1 heterocycles. The predicted molar refractivity (Wildman–Crippen MR) is 111 cm³/mol. The van der Waals surface area contributed by atoms with Gasteiger partial charge >= 0.3 is 12.8 Å². The summed E-state index contributed by atoms with van der Waals surface area (Å²) in [5, 5.41) is 2.39. The van der Waals surface area contributed by atoms with Crippen molar-refractivity contribution in [3.05, 3.63) is 59.7 Å². The van der Waals surface area contributed by atoms with Crippen LogP contribution in [-0.2, 0) is 17.8 Å². The van der Waals surface area contributed by atoms with Crippen molar-refractivity contribution in [1.29, 1.82) is 0 Å². The molecule has 3 rings (SSSR count). The number of carbonyl (C=O) groups excluding carboxylic acids is 1. The highest BCUT2D eigenvalue weighted by Crippen LogP contribution is 2.46. The Balaban J connectivity index is 1.63. The van der Waals surface area contributed by atoms with E-state index in [4.69, 9.17) is 4.74 Å². The molecule has 1 atom stereocenters. The summed E-state index contributed by atoms with van der Waals surface area (Å²) in [6.45, 7) is -3.09. The Morgan fingerprint density at radius 1 is 1.12 bits per heavy atom. The van der Waals surface area contributed by atoms with Gasteiger partial charge in [-0.2, -0.15) is 22.0 Å². The number of methoxy groups -OCH3 is 1. The number of amides is 1. The quantitative estimate of drug-likeness (QED) is 0.550. The predicted octanol–water partition coefficient (Wildman–Crippen LogP) is 4.41. The summed E-state index contributed by atoms with van der Waals surface area (Å²) in [5.41, 5.74) is -1.12. The molecular formula is C23H25F5N2O3. The maximum absolute atomic E-state index is 14.0. The Labute approximate surface area is 188 Å². The van der Waals surface area contributed by atoms with E-state index in [0.29, 0.717) is 12.1 Å². The van der Waals surface area contributed by atoms with Crippen molar-refractivity contribution in [3.63, 3.8) is 0 Å². The molecular weight excluding hydrogens is 447 g/mol. The van der Waals surface area contributed by atoms with Crippen LogP contribution in [0.25, 0.3) is 0 Å². The van der Waals surface area contributed by atoms with Gasteiger partial charge in [-0.15, -0.1) is 0 Å². The van der Waals surface area contributed by atoms with Crippen LogP contribution in [0.15, 0.2) is 48.5 Å². The normalized spacial score (nSPS) is 19.0. The van der Waals surface area contributed by atoms with E-state index in [9.17, 15) is 26.7 Å². The first-order valence-electron chi connectivity index (χ1n) is 10.4. The molecule has 0 aliphatic carbocycles. The molecule has 180 valence electrons. The van der Waals surface area contributed by atoms with E-state index in [2.05, 4.69) is 10.1 Å². The van der Waals surface area contributed by atoms with Gasteiger partial charge in [-0.05, 0) is 42.6 Å². The molecule has 0 aromatic heterocycles. The average Bonchev–Trinajstić information content (AvgIpc) is 3.19. The Morgan fingerprint density at radius 3 is 2.48 bits per heavy atom. The van der Waals surface area contributed by atoms with Crippen LogP contribution >= 0.6 is 0 Å². The monoisotopic (exact) mass is 472 g/mol. The lowest BCUT2D eigenvalue weighted by Crippen LogP contribution is -2.52. The van der Waals surface area contributed by atoms with Crippen molar-refractivity contribution >= 4 is 5.91 Å². The highest BCUT2D eigenvalue weighted by Gasteiger charge is 2.62. The summed E-state index contributed by atoms with van der Waals surface area (Å²) in [5.74, 6) is -1.16. The zero-order chi connectivity index (χ0) is 24.1. The zero-order valence-electron chi connectivity index (χ0n) is 18.0. The molecule has 10 heteroatoms. The molecule has 0 saturated carbocycles. The van der Waals surface area contributed by atoms with Gasteiger partial charge in [-0.3, -0.25) is 9.69 Å². The molecule has 5 nitrogen and oxygen atoms in total. The van der Waals surface area contributed by atoms with Gasteiger partial charge in [0.2, 0.25) is 5.91 Å². The molecule has 1 aliphatic rings. The van der Waals surface area contributed by atoms with Gasteiger partial charge in [0.15, 0.2) is 16.9 Å². The molecule has 1 aliphatic heterocycles. The molecule has 1 fully saturated rings. The van der Waals surface area contributed by atoms with Gasteiger partial charge in [0.1, 0.15) is 0 Å². The molecule has 2 aromatic carbocycles. The third kappa shape index (κ3) is 5.93. The second-order valence-electron chi connectivity index (χ2n) is 7.90. The summed E-state index contributed by atoms with van der Waals surface area (Å²) in [7, 11) is 1.30. The summed E-state index contributed by atoms with van der Waals surface area (Å²) in [6, 6.07) is 13.4. The summed E-state index contributed by atoms with van der Waals surface area (Å²) in [4.78, 5) is 14.3. The first kappa shape index (κ1) is 24.8. The highest BCUT2D eigenvalue weighted by atomic mass is 19.4. The fourth-order valence-corrected chi connectivity index (χ4v) is 3.97. The number of hydrogen-bond donors (Lipinski definition) is 1. The van der Waals surface area contributed by atoms with Gasteiger partial charge < -0.3 is 14.8 Å². The minimum Gasteiger partial charge on any atom is -0.493 e. The van der Waals surface area contributed by atoms with Crippen LogP contribution in [0.5, 0.6) is 11.5 Å². The number of halogens is 5. The number of alkyl halides is 5. The number of rotatable bonds is 9. The standard InChI is InChI=1S/C23H25F5N2O3/c1-32-18-8-7-16(13-19(18)33-21(24)25)9-11-29-20(31)22(23(26,27)28)10-12-30(15-22)14-17-5-3-2-4-6-17/h2-8,13,21H,9-12,14-15H2,1H3,(H,29,31). The van der Waals surface area contributed by atoms with E-state index in [1.54, 1.807) is 11.0 Å². The minimum absolute atomic E-state index is 0.0875. The van der Waals surface area contributed by atoms with Crippen molar-refractivity contribution in [2.24, 2.45) is 5.41 Å². The number of nitrogens with one attached hydrogen (secondary N) is 1. The van der Waals surface area contributed by atoms with Crippen LogP contribution in [0.3, 0.4) is 0 Å². The second-order valence-corrected chi connectivity index (χ2v) is 7.90. The molecule has 2 aromatic rings. The van der Waals surface area contributed by atoms with Crippen LogP contribution in [0.2, 0.25) is 0 Å². The highest BCUT2D eigenvalue weighted by molar-refractivity contribution is 5.84. The van der Waals surface area contributed by atoms with Crippen LogP contribution in [-0.4, -0.2) is 50.3 Å². The van der Waals surface area contributed by atoms with E-state index in [-0.39, 0.29) is 37.4 Å². The molecule has 1 N–H and O–H groups in total. The van der Waals surface area contributed by atoms with Crippen molar-refractivity contribution in [2.45, 2.75) is 32.2 Å². The van der Waals surface area contributed by atoms with E-state index in [0.717, 1.165) is 5.56 Å². The van der Waals surface area contributed by atoms with Crippen molar-refractivity contribution in [3.8, 4) is 11.5 Å². The lowest BCUT2D eigenvalue weighted by molar-refractivity contribution is -0.218. The number of carbonyl (C=O) groups is 1. The molecule has 33 heavy (non-hydrogen) atoms. The Bertz CT molecular complexity index is 939. The van der Waals surface area contributed by atoms with Gasteiger partial charge in [-0.1, -0.05) is 36.4 Å². The lowest BCUT2D eigenvalue weighted by Gasteiger charge is -2.30. The average molecular weight is 472 g/mol. The fourth-order valence-electron chi connectivity index (χ4n) is 3.97. The molecule has 1 unspecified atom stereocenters. The van der Waals surface area contributed by atoms with Gasteiger partial charge in [0, 0.05) is 19.6 Å². The number of benzene rings is 2. The maximum Gasteiger partial charge on any atom is 0.404 e. The summed E-state index contributed by atoms with van der Waals surface area (Å²) < 4.78 is 76.5. The summed E-state index contributed by atoms with van der Waals surface area (Å²) in [6.07, 6.45) is -4.90. The van der Waals surface area contributed by atoms with Crippen LogP contribution in [0.1, 0.15) is 17.5 Å². The number of hydrogen-bond acceptors (Lipinski definition) is 4. The number of ether oxygens (including phenoxy) is 2. The first-order chi connectivity index (χ1) is 15.6. The van der Waals surface area contributed by atoms with E-state index in [1.165, 1.54) is 19.2 Å². The Morgan fingerprint density at radius 2 is 1.85 bits per heavy atom. The van der Waals surface area contributed by atoms with E-state index in [1.807, 2.05) is 30.3 Å². The lowest BCUT2D eigenvalue weighted by atomic mass is 9.85. The Hall–Kier alpha value is -2.88. The SMILES string of the molecule is COc1ccc(CCNC(=O)C2(C(F)(F)F)CCN(Cc3ccccc3)C2)cc1OC(F)F.